The zero-order valence-electron chi connectivity index (χ0n) is 24.4. The molecule has 7 heteroatoms. The van der Waals surface area contributed by atoms with Crippen LogP contribution in [-0.2, 0) is 11.2 Å². The van der Waals surface area contributed by atoms with E-state index in [0.717, 1.165) is 11.3 Å². The molecule has 6 rings (SSSR count). The Hall–Kier alpha value is -2.81. The van der Waals surface area contributed by atoms with E-state index in [1.54, 1.807) is 11.3 Å². The van der Waals surface area contributed by atoms with Gasteiger partial charge in [0, 0.05) is 43.9 Å². The van der Waals surface area contributed by atoms with Crippen molar-refractivity contribution in [3.63, 3.8) is 0 Å². The van der Waals surface area contributed by atoms with Crippen molar-refractivity contribution in [1.82, 2.24) is 0 Å². The molecule has 2 nitrogen and oxygen atoms in total. The highest BCUT2D eigenvalue weighted by atomic mass is 32.1. The number of thiophene rings is 5. The highest BCUT2D eigenvalue weighted by Gasteiger charge is 2.18. The van der Waals surface area contributed by atoms with E-state index in [2.05, 4.69) is 79.7 Å². The van der Waals surface area contributed by atoms with Crippen LogP contribution < -0.4 is 0 Å². The predicted octanol–water partition coefficient (Wildman–Crippen LogP) is 13.0. The average Bonchev–Trinajstić information content (AvgIpc) is 3.87. The van der Waals surface area contributed by atoms with E-state index >= 15 is 0 Å². The highest BCUT2D eigenvalue weighted by molar-refractivity contribution is 7.30. The number of aryl methyl sites for hydroxylation is 1. The normalized spacial score (nSPS) is 11.3. The van der Waals surface area contributed by atoms with E-state index in [-0.39, 0.29) is 5.97 Å². The first-order valence-corrected chi connectivity index (χ1v) is 18.9. The first-order valence-electron chi connectivity index (χ1n) is 14.8. The molecule has 0 radical (unpaired) electrons. The van der Waals surface area contributed by atoms with Crippen molar-refractivity contribution in [2.45, 2.75) is 51.9 Å². The van der Waals surface area contributed by atoms with Crippen LogP contribution >= 0.6 is 56.7 Å². The molecule has 0 unspecified atom stereocenters. The van der Waals surface area contributed by atoms with Gasteiger partial charge >= 0.3 is 5.97 Å². The first-order chi connectivity index (χ1) is 21.1. The summed E-state index contributed by atoms with van der Waals surface area (Å²) >= 11 is 9.00. The van der Waals surface area contributed by atoms with Gasteiger partial charge < -0.3 is 4.74 Å². The Morgan fingerprint density at radius 2 is 1.14 bits per heavy atom. The summed E-state index contributed by atoms with van der Waals surface area (Å²) in [7, 11) is 1.43. The third-order valence-corrected chi connectivity index (χ3v) is 13.7. The number of ether oxygens (including phenoxy) is 1. The largest absolute Gasteiger partial charge is 0.465 e. The number of carbonyl (C=O) groups is 1. The summed E-state index contributed by atoms with van der Waals surface area (Å²) in [6, 6.07) is 30.5. The van der Waals surface area contributed by atoms with Crippen LogP contribution in [0.5, 0.6) is 0 Å². The van der Waals surface area contributed by atoms with Gasteiger partial charge in [-0.25, -0.2) is 4.79 Å². The average molecular weight is 659 g/mol. The molecule has 5 heterocycles. The van der Waals surface area contributed by atoms with E-state index in [1.807, 2.05) is 46.1 Å². The van der Waals surface area contributed by atoms with Gasteiger partial charge in [0.05, 0.1) is 7.11 Å². The fourth-order valence-corrected chi connectivity index (χ4v) is 10.7. The summed E-state index contributed by atoms with van der Waals surface area (Å²) in [6.45, 7) is 2.28. The topological polar surface area (TPSA) is 26.3 Å². The van der Waals surface area contributed by atoms with Gasteiger partial charge in [-0.05, 0) is 78.6 Å². The molecule has 220 valence electrons. The molecule has 0 bridgehead atoms. The number of methoxy groups -OCH3 is 1. The lowest BCUT2D eigenvalue weighted by atomic mass is 10.0. The molecule has 0 aliphatic heterocycles. The molecule has 5 aromatic heterocycles. The van der Waals surface area contributed by atoms with Crippen LogP contribution in [0, 0.1) is 0 Å². The molecule has 0 amide bonds. The minimum absolute atomic E-state index is 0.274. The minimum Gasteiger partial charge on any atom is -0.465 e. The summed E-state index contributed by atoms with van der Waals surface area (Å²) < 4.78 is 4.91. The molecule has 6 aromatic rings. The number of benzene rings is 1. The van der Waals surface area contributed by atoms with Crippen LogP contribution in [0.15, 0.2) is 84.9 Å². The van der Waals surface area contributed by atoms with Gasteiger partial charge in [0.15, 0.2) is 0 Å². The van der Waals surface area contributed by atoms with Gasteiger partial charge in [0.25, 0.3) is 0 Å². The second kappa shape index (κ2) is 14.3. The highest BCUT2D eigenvalue weighted by Crippen LogP contribution is 2.47. The number of esters is 1. The summed E-state index contributed by atoms with van der Waals surface area (Å²) in [5.41, 5.74) is 2.75. The first kappa shape index (κ1) is 30.2. The lowest BCUT2D eigenvalue weighted by molar-refractivity contribution is 0.0606. The Kier molecular flexibility index (Phi) is 10.1. The lowest BCUT2D eigenvalue weighted by Crippen LogP contribution is -1.96. The second-order valence-electron chi connectivity index (χ2n) is 10.5. The Bertz CT molecular complexity index is 1780. The van der Waals surface area contributed by atoms with Crippen molar-refractivity contribution in [2.75, 3.05) is 7.11 Å². The number of hydrogen-bond donors (Lipinski definition) is 0. The van der Waals surface area contributed by atoms with Gasteiger partial charge in [-0.15, -0.1) is 56.7 Å². The number of rotatable bonds is 13. The monoisotopic (exact) mass is 658 g/mol. The number of carbonyl (C=O) groups excluding carboxylic acids is 1. The summed E-state index contributed by atoms with van der Waals surface area (Å²) in [6.07, 6.45) is 8.94. The number of unbranched alkanes of at least 4 members (excludes halogenated alkanes) is 5. The van der Waals surface area contributed by atoms with Gasteiger partial charge in [0.2, 0.25) is 0 Å². The maximum Gasteiger partial charge on any atom is 0.348 e. The molecule has 0 spiro atoms. The second-order valence-corrected chi connectivity index (χ2v) is 15.9. The SMILES string of the molecule is CCCCCCCCc1cc(-c2ccc(-c3ccc(C(=O)OC)s3)s2)sc1-c1ccc(-c2ccc(-c3ccccc3)s2)s1. The molecular weight excluding hydrogens is 625 g/mol. The van der Waals surface area contributed by atoms with E-state index < -0.39 is 0 Å². The Morgan fingerprint density at radius 1 is 0.581 bits per heavy atom. The van der Waals surface area contributed by atoms with Gasteiger partial charge in [-0.2, -0.15) is 0 Å². The van der Waals surface area contributed by atoms with Gasteiger partial charge in [-0.1, -0.05) is 69.4 Å². The minimum atomic E-state index is -0.274. The summed E-state index contributed by atoms with van der Waals surface area (Å²) in [5.74, 6) is -0.274. The molecule has 0 saturated carbocycles. The van der Waals surface area contributed by atoms with Crippen LogP contribution in [-0.4, -0.2) is 13.1 Å². The fourth-order valence-electron chi connectivity index (χ4n) is 5.14. The van der Waals surface area contributed by atoms with E-state index in [0.29, 0.717) is 4.88 Å². The maximum atomic E-state index is 12.0. The third kappa shape index (κ3) is 7.13. The van der Waals surface area contributed by atoms with Crippen molar-refractivity contribution in [3.8, 4) is 49.5 Å². The molecule has 43 heavy (non-hydrogen) atoms. The van der Waals surface area contributed by atoms with Crippen LogP contribution in [0.3, 0.4) is 0 Å². The van der Waals surface area contributed by atoms with Crippen molar-refractivity contribution in [3.05, 3.63) is 95.4 Å². The van der Waals surface area contributed by atoms with Crippen molar-refractivity contribution in [2.24, 2.45) is 0 Å². The van der Waals surface area contributed by atoms with E-state index in [4.69, 9.17) is 4.74 Å². The molecule has 0 aliphatic carbocycles. The van der Waals surface area contributed by atoms with Crippen molar-refractivity contribution < 1.29 is 9.53 Å². The van der Waals surface area contributed by atoms with Gasteiger partial charge in [0.1, 0.15) is 4.88 Å². The molecular formula is C36H34O2S5. The Labute approximate surface area is 274 Å². The third-order valence-electron chi connectivity index (χ3n) is 7.43. The van der Waals surface area contributed by atoms with E-state index in [9.17, 15) is 4.79 Å². The predicted molar refractivity (Wildman–Crippen MR) is 191 cm³/mol. The molecule has 1 aromatic carbocycles. The van der Waals surface area contributed by atoms with Crippen LogP contribution in [0.1, 0.15) is 60.7 Å². The standard InChI is InChI=1S/C36H34O2S5/c1-3-4-5-6-7-9-14-25-23-34(31-18-17-28(40-31)30-20-22-33(42-30)36(37)38-2)43-35(25)32-21-19-29(41-32)27-16-15-26(39-27)24-12-10-8-11-13-24/h8,10-13,15-23H,3-7,9,14H2,1-2H3. The smallest absolute Gasteiger partial charge is 0.348 e. The van der Waals surface area contributed by atoms with E-state index in [1.165, 1.54) is 107 Å². The van der Waals surface area contributed by atoms with Crippen LogP contribution in [0.4, 0.5) is 0 Å². The zero-order chi connectivity index (χ0) is 29.6. The molecule has 0 aliphatic rings. The molecule has 0 atom stereocenters. The lowest BCUT2D eigenvalue weighted by Gasteiger charge is -2.03. The van der Waals surface area contributed by atoms with Crippen LogP contribution in [0.25, 0.3) is 49.5 Å². The Morgan fingerprint density at radius 3 is 1.86 bits per heavy atom. The van der Waals surface area contributed by atoms with Crippen molar-refractivity contribution >= 4 is 62.7 Å². The quantitative estimate of drug-likeness (QED) is 0.0912. The fraction of sp³-hybridized carbons (Fsp3) is 0.250. The van der Waals surface area contributed by atoms with Gasteiger partial charge in [-0.3, -0.25) is 0 Å². The van der Waals surface area contributed by atoms with Crippen LogP contribution in [0.2, 0.25) is 0 Å². The Balaban J connectivity index is 1.26. The summed E-state index contributed by atoms with van der Waals surface area (Å²) in [4.78, 5) is 24.3. The summed E-state index contributed by atoms with van der Waals surface area (Å²) in [5, 5.41) is 0. The van der Waals surface area contributed by atoms with Crippen molar-refractivity contribution in [1.29, 1.82) is 0 Å². The molecule has 0 fully saturated rings. The zero-order valence-corrected chi connectivity index (χ0v) is 28.5. The molecule has 0 saturated heterocycles. The molecule has 0 N–H and O–H groups in total. The number of hydrogen-bond acceptors (Lipinski definition) is 7. The maximum absolute atomic E-state index is 12.0.